The molecule has 2 aromatic rings. The Labute approximate surface area is 116 Å². The van der Waals surface area contributed by atoms with Crippen LogP contribution in [0.15, 0.2) is 18.2 Å². The first-order valence-electron chi connectivity index (χ1n) is 6.18. The molecule has 0 aliphatic carbocycles. The third-order valence-electron chi connectivity index (χ3n) is 3.15. The standard InChI is InChI=1S/C14H17N3O3/c1-8-11(9(2)17-16-8)7-15-14(19)10-4-5-12(18)13(6-10)20-3/h4-6,18H,7H2,1-3H3,(H,15,19)(H,16,17). The van der Waals surface area contributed by atoms with Crippen molar-refractivity contribution in [2.24, 2.45) is 0 Å². The maximum absolute atomic E-state index is 12.1. The van der Waals surface area contributed by atoms with E-state index >= 15 is 0 Å². The van der Waals surface area contributed by atoms with E-state index in [9.17, 15) is 9.90 Å². The maximum Gasteiger partial charge on any atom is 0.251 e. The van der Waals surface area contributed by atoms with E-state index in [0.717, 1.165) is 17.0 Å². The van der Waals surface area contributed by atoms with Gasteiger partial charge in [0, 0.05) is 23.4 Å². The molecule has 6 heteroatoms. The molecule has 0 fully saturated rings. The van der Waals surface area contributed by atoms with Gasteiger partial charge in [0.25, 0.3) is 5.91 Å². The fraction of sp³-hybridized carbons (Fsp3) is 0.286. The van der Waals surface area contributed by atoms with E-state index in [1.807, 2.05) is 13.8 Å². The van der Waals surface area contributed by atoms with Gasteiger partial charge < -0.3 is 15.2 Å². The number of ether oxygens (including phenoxy) is 1. The Balaban J connectivity index is 2.09. The van der Waals surface area contributed by atoms with E-state index in [-0.39, 0.29) is 17.4 Å². The number of aryl methyl sites for hydroxylation is 2. The van der Waals surface area contributed by atoms with Crippen LogP contribution in [0.4, 0.5) is 0 Å². The van der Waals surface area contributed by atoms with Gasteiger partial charge in [0.15, 0.2) is 11.5 Å². The summed E-state index contributed by atoms with van der Waals surface area (Å²) in [5.74, 6) is 0.0437. The molecule has 106 valence electrons. The van der Waals surface area contributed by atoms with Gasteiger partial charge in [-0.05, 0) is 32.0 Å². The van der Waals surface area contributed by atoms with E-state index in [1.165, 1.54) is 19.2 Å². The molecule has 0 radical (unpaired) electrons. The highest BCUT2D eigenvalue weighted by Crippen LogP contribution is 2.26. The molecule has 0 aliphatic heterocycles. The van der Waals surface area contributed by atoms with Crippen molar-refractivity contribution in [3.05, 3.63) is 40.7 Å². The minimum Gasteiger partial charge on any atom is -0.504 e. The van der Waals surface area contributed by atoms with Crippen molar-refractivity contribution in [3.8, 4) is 11.5 Å². The summed E-state index contributed by atoms with van der Waals surface area (Å²) in [6.45, 7) is 4.19. The number of rotatable bonds is 4. The number of amides is 1. The first-order chi connectivity index (χ1) is 9.52. The Morgan fingerprint density at radius 3 is 2.80 bits per heavy atom. The number of methoxy groups -OCH3 is 1. The van der Waals surface area contributed by atoms with Gasteiger partial charge in [-0.1, -0.05) is 0 Å². The molecule has 0 atom stereocenters. The second kappa shape index (κ2) is 5.64. The van der Waals surface area contributed by atoms with E-state index in [1.54, 1.807) is 6.07 Å². The molecule has 0 unspecified atom stereocenters. The summed E-state index contributed by atoms with van der Waals surface area (Å²) in [6, 6.07) is 4.48. The van der Waals surface area contributed by atoms with Crippen LogP contribution in [0, 0.1) is 13.8 Å². The van der Waals surface area contributed by atoms with Gasteiger partial charge in [-0.2, -0.15) is 5.10 Å². The molecule has 1 aromatic carbocycles. The second-order valence-corrected chi connectivity index (χ2v) is 4.48. The summed E-state index contributed by atoms with van der Waals surface area (Å²) in [6.07, 6.45) is 0. The first-order valence-corrected chi connectivity index (χ1v) is 6.18. The summed E-state index contributed by atoms with van der Waals surface area (Å²) in [5, 5.41) is 19.3. The molecule has 6 nitrogen and oxygen atoms in total. The van der Waals surface area contributed by atoms with Crippen molar-refractivity contribution in [2.45, 2.75) is 20.4 Å². The van der Waals surface area contributed by atoms with Crippen molar-refractivity contribution in [2.75, 3.05) is 7.11 Å². The van der Waals surface area contributed by atoms with Crippen LogP contribution >= 0.6 is 0 Å². The lowest BCUT2D eigenvalue weighted by Gasteiger charge is -2.08. The topological polar surface area (TPSA) is 87.2 Å². The molecule has 0 saturated carbocycles. The quantitative estimate of drug-likeness (QED) is 0.792. The molecular weight excluding hydrogens is 258 g/mol. The summed E-state index contributed by atoms with van der Waals surface area (Å²) >= 11 is 0. The third-order valence-corrected chi connectivity index (χ3v) is 3.15. The van der Waals surface area contributed by atoms with Crippen LogP contribution in [0.1, 0.15) is 27.3 Å². The first kappa shape index (κ1) is 13.9. The van der Waals surface area contributed by atoms with Gasteiger partial charge >= 0.3 is 0 Å². The number of nitrogens with one attached hydrogen (secondary N) is 2. The highest BCUT2D eigenvalue weighted by Gasteiger charge is 2.12. The van der Waals surface area contributed by atoms with E-state index in [2.05, 4.69) is 15.5 Å². The molecule has 3 N–H and O–H groups in total. The van der Waals surface area contributed by atoms with Crippen LogP contribution in [0.5, 0.6) is 11.5 Å². The summed E-state index contributed by atoms with van der Waals surface area (Å²) in [5.41, 5.74) is 3.21. The highest BCUT2D eigenvalue weighted by atomic mass is 16.5. The Kier molecular flexibility index (Phi) is 3.93. The number of hydrogen-bond acceptors (Lipinski definition) is 4. The number of H-pyrrole nitrogens is 1. The van der Waals surface area contributed by atoms with Crippen molar-refractivity contribution < 1.29 is 14.6 Å². The maximum atomic E-state index is 12.1. The van der Waals surface area contributed by atoms with Gasteiger partial charge in [-0.3, -0.25) is 9.89 Å². The number of aromatic nitrogens is 2. The summed E-state index contributed by atoms with van der Waals surface area (Å²) in [7, 11) is 1.44. The van der Waals surface area contributed by atoms with Crippen LogP contribution in [0.25, 0.3) is 0 Å². The van der Waals surface area contributed by atoms with Gasteiger partial charge in [-0.15, -0.1) is 0 Å². The average molecular weight is 275 g/mol. The summed E-state index contributed by atoms with van der Waals surface area (Å²) in [4.78, 5) is 12.1. The molecule has 0 spiro atoms. The zero-order valence-electron chi connectivity index (χ0n) is 11.7. The number of aromatic amines is 1. The molecule has 0 bridgehead atoms. The molecule has 1 heterocycles. The lowest BCUT2D eigenvalue weighted by atomic mass is 10.1. The van der Waals surface area contributed by atoms with Gasteiger partial charge in [-0.25, -0.2) is 0 Å². The van der Waals surface area contributed by atoms with Crippen molar-refractivity contribution in [1.82, 2.24) is 15.5 Å². The number of aromatic hydroxyl groups is 1. The SMILES string of the molecule is COc1cc(C(=O)NCc2c(C)n[nH]c2C)ccc1O. The minimum atomic E-state index is -0.233. The summed E-state index contributed by atoms with van der Waals surface area (Å²) < 4.78 is 4.98. The molecule has 1 amide bonds. The van der Waals surface area contributed by atoms with E-state index in [0.29, 0.717) is 12.1 Å². The number of carbonyl (C=O) groups excluding carboxylic acids is 1. The predicted molar refractivity (Wildman–Crippen MR) is 73.9 cm³/mol. The lowest BCUT2D eigenvalue weighted by Crippen LogP contribution is -2.23. The highest BCUT2D eigenvalue weighted by molar-refractivity contribution is 5.94. The number of carbonyl (C=O) groups is 1. The molecule has 0 aliphatic rings. The van der Waals surface area contributed by atoms with Gasteiger partial charge in [0.1, 0.15) is 0 Å². The Morgan fingerprint density at radius 1 is 1.45 bits per heavy atom. The fourth-order valence-electron chi connectivity index (χ4n) is 1.92. The number of phenols is 1. The lowest BCUT2D eigenvalue weighted by molar-refractivity contribution is 0.0950. The second-order valence-electron chi connectivity index (χ2n) is 4.48. The molecule has 0 saturated heterocycles. The Morgan fingerprint density at radius 2 is 2.20 bits per heavy atom. The van der Waals surface area contributed by atoms with E-state index < -0.39 is 0 Å². The molecule has 20 heavy (non-hydrogen) atoms. The van der Waals surface area contributed by atoms with Crippen molar-refractivity contribution in [1.29, 1.82) is 0 Å². The van der Waals surface area contributed by atoms with Crippen LogP contribution in [0.3, 0.4) is 0 Å². The molecular formula is C14H17N3O3. The molecule has 2 rings (SSSR count). The largest absolute Gasteiger partial charge is 0.504 e. The minimum absolute atomic E-state index is 0.00516. The Bertz CT molecular complexity index is 615. The molecule has 1 aromatic heterocycles. The zero-order valence-corrected chi connectivity index (χ0v) is 11.7. The number of phenolic OH excluding ortho intramolecular Hbond substituents is 1. The van der Waals surface area contributed by atoms with Gasteiger partial charge in [0.2, 0.25) is 0 Å². The van der Waals surface area contributed by atoms with Crippen molar-refractivity contribution >= 4 is 5.91 Å². The van der Waals surface area contributed by atoms with Gasteiger partial charge in [0.05, 0.1) is 12.8 Å². The van der Waals surface area contributed by atoms with E-state index in [4.69, 9.17) is 4.74 Å². The monoisotopic (exact) mass is 275 g/mol. The Hall–Kier alpha value is -2.50. The van der Waals surface area contributed by atoms with Crippen LogP contribution in [-0.2, 0) is 6.54 Å². The number of nitrogens with zero attached hydrogens (tertiary/aromatic N) is 1. The normalized spacial score (nSPS) is 10.3. The van der Waals surface area contributed by atoms with Crippen molar-refractivity contribution in [3.63, 3.8) is 0 Å². The number of hydrogen-bond donors (Lipinski definition) is 3. The van der Waals surface area contributed by atoms with Crippen LogP contribution < -0.4 is 10.1 Å². The smallest absolute Gasteiger partial charge is 0.251 e. The van der Waals surface area contributed by atoms with Crippen LogP contribution in [0.2, 0.25) is 0 Å². The van der Waals surface area contributed by atoms with Crippen LogP contribution in [-0.4, -0.2) is 28.3 Å². The number of benzene rings is 1. The zero-order chi connectivity index (χ0) is 14.7. The third kappa shape index (κ3) is 2.74. The average Bonchev–Trinajstić information content (AvgIpc) is 2.76. The predicted octanol–water partition coefficient (Wildman–Crippen LogP) is 1.67. The fourth-order valence-corrected chi connectivity index (χ4v) is 1.92.